The van der Waals surface area contributed by atoms with E-state index in [0.29, 0.717) is 5.95 Å². The maximum Gasteiger partial charge on any atom is 0.223 e. The average molecular weight is 337 g/mol. The lowest BCUT2D eigenvalue weighted by atomic mass is 10.1. The molecule has 0 unspecified atom stereocenters. The topological polar surface area (TPSA) is 75.9 Å². The van der Waals surface area contributed by atoms with Crippen LogP contribution < -0.4 is 5.32 Å². The monoisotopic (exact) mass is 337 g/mol. The summed E-state index contributed by atoms with van der Waals surface area (Å²) in [6.07, 6.45) is 5.47. The van der Waals surface area contributed by atoms with Gasteiger partial charge in [-0.1, -0.05) is 32.0 Å². The number of hydrogen-bond acceptors (Lipinski definition) is 5. The van der Waals surface area contributed by atoms with Gasteiger partial charge in [-0.25, -0.2) is 14.6 Å². The van der Waals surface area contributed by atoms with Gasteiger partial charge >= 0.3 is 0 Å². The van der Waals surface area contributed by atoms with E-state index in [2.05, 4.69) is 33.4 Å². The number of anilines is 1. The molecule has 130 valence electrons. The smallest absolute Gasteiger partial charge is 0.223 e. The van der Waals surface area contributed by atoms with Crippen molar-refractivity contribution in [2.24, 2.45) is 5.92 Å². The van der Waals surface area contributed by atoms with E-state index in [1.165, 1.54) is 0 Å². The third kappa shape index (κ3) is 3.85. The largest absolute Gasteiger partial charge is 0.394 e. The van der Waals surface area contributed by atoms with Crippen molar-refractivity contribution >= 4 is 5.95 Å². The summed E-state index contributed by atoms with van der Waals surface area (Å²) < 4.78 is 1.85. The molecule has 0 saturated carbocycles. The Morgan fingerprint density at radius 3 is 2.72 bits per heavy atom. The third-order valence-corrected chi connectivity index (χ3v) is 4.21. The van der Waals surface area contributed by atoms with Crippen LogP contribution in [-0.4, -0.2) is 37.5 Å². The number of rotatable bonds is 6. The highest BCUT2D eigenvalue weighted by Crippen LogP contribution is 2.20. The molecule has 0 aliphatic carbocycles. The summed E-state index contributed by atoms with van der Waals surface area (Å²) in [5.74, 6) is 0.787. The molecule has 0 amide bonds. The molecule has 0 fully saturated rings. The average Bonchev–Trinajstić information content (AvgIpc) is 3.10. The van der Waals surface area contributed by atoms with Gasteiger partial charge in [-0.15, -0.1) is 0 Å². The first-order valence-electron chi connectivity index (χ1n) is 8.40. The highest BCUT2D eigenvalue weighted by atomic mass is 16.3. The van der Waals surface area contributed by atoms with E-state index < -0.39 is 0 Å². The minimum Gasteiger partial charge on any atom is -0.394 e. The first-order chi connectivity index (χ1) is 12.1. The molecular formula is C19H23N5O. The molecule has 6 heteroatoms. The van der Waals surface area contributed by atoms with E-state index >= 15 is 0 Å². The summed E-state index contributed by atoms with van der Waals surface area (Å²) in [5, 5.41) is 17.1. The van der Waals surface area contributed by atoms with Gasteiger partial charge in [-0.3, -0.25) is 0 Å². The van der Waals surface area contributed by atoms with Crippen LogP contribution in [0.15, 0.2) is 48.9 Å². The van der Waals surface area contributed by atoms with E-state index in [4.69, 9.17) is 0 Å². The SMILES string of the molecule is Cc1ccccc1-n1cc(-c2ccnc(N[C@H](CO)C(C)C)n2)cn1. The number of benzene rings is 1. The van der Waals surface area contributed by atoms with E-state index in [0.717, 1.165) is 22.5 Å². The van der Waals surface area contributed by atoms with Gasteiger partial charge in [0, 0.05) is 18.0 Å². The van der Waals surface area contributed by atoms with Crippen molar-refractivity contribution in [2.45, 2.75) is 26.8 Å². The first-order valence-corrected chi connectivity index (χ1v) is 8.40. The van der Waals surface area contributed by atoms with Gasteiger partial charge in [0.2, 0.25) is 5.95 Å². The first kappa shape index (κ1) is 17.1. The fraction of sp³-hybridized carbons (Fsp3) is 0.316. The van der Waals surface area contributed by atoms with Crippen LogP contribution in [0.4, 0.5) is 5.95 Å². The summed E-state index contributed by atoms with van der Waals surface area (Å²) in [6.45, 7) is 6.19. The van der Waals surface area contributed by atoms with Gasteiger partial charge in [-0.2, -0.15) is 5.10 Å². The molecule has 3 rings (SSSR count). The molecule has 2 N–H and O–H groups in total. The molecule has 0 saturated heterocycles. The zero-order valence-corrected chi connectivity index (χ0v) is 14.7. The van der Waals surface area contributed by atoms with Crippen molar-refractivity contribution in [3.63, 3.8) is 0 Å². The fourth-order valence-electron chi connectivity index (χ4n) is 2.59. The predicted molar refractivity (Wildman–Crippen MR) is 98.7 cm³/mol. The van der Waals surface area contributed by atoms with Crippen LogP contribution in [0, 0.1) is 12.8 Å². The van der Waals surface area contributed by atoms with Crippen LogP contribution in [0.1, 0.15) is 19.4 Å². The van der Waals surface area contributed by atoms with Gasteiger partial charge in [0.15, 0.2) is 0 Å². The molecule has 0 radical (unpaired) electrons. The number of nitrogens with one attached hydrogen (secondary N) is 1. The van der Waals surface area contributed by atoms with E-state index in [1.807, 2.05) is 49.0 Å². The van der Waals surface area contributed by atoms with Crippen LogP contribution >= 0.6 is 0 Å². The molecule has 6 nitrogen and oxygen atoms in total. The molecule has 0 aliphatic rings. The minimum atomic E-state index is -0.0788. The Morgan fingerprint density at radius 2 is 2.00 bits per heavy atom. The van der Waals surface area contributed by atoms with Gasteiger partial charge < -0.3 is 10.4 Å². The minimum absolute atomic E-state index is 0.0382. The Balaban J connectivity index is 1.86. The maximum atomic E-state index is 9.47. The van der Waals surface area contributed by atoms with E-state index in [1.54, 1.807) is 12.4 Å². The van der Waals surface area contributed by atoms with Crippen molar-refractivity contribution in [3.05, 3.63) is 54.5 Å². The highest BCUT2D eigenvalue weighted by Gasteiger charge is 2.14. The number of aliphatic hydroxyl groups excluding tert-OH is 1. The zero-order valence-electron chi connectivity index (χ0n) is 14.7. The number of nitrogens with zero attached hydrogens (tertiary/aromatic N) is 4. The Hall–Kier alpha value is -2.73. The van der Waals surface area contributed by atoms with Crippen molar-refractivity contribution in [1.82, 2.24) is 19.7 Å². The molecule has 1 atom stereocenters. The molecular weight excluding hydrogens is 314 g/mol. The highest BCUT2D eigenvalue weighted by molar-refractivity contribution is 5.59. The van der Waals surface area contributed by atoms with Crippen molar-refractivity contribution in [3.8, 4) is 16.9 Å². The predicted octanol–water partition coefficient (Wildman–Crippen LogP) is 3.07. The third-order valence-electron chi connectivity index (χ3n) is 4.21. The number of para-hydroxylation sites is 1. The van der Waals surface area contributed by atoms with Crippen molar-refractivity contribution < 1.29 is 5.11 Å². The zero-order chi connectivity index (χ0) is 17.8. The number of hydrogen-bond donors (Lipinski definition) is 2. The Kier molecular flexibility index (Phi) is 5.09. The second-order valence-electron chi connectivity index (χ2n) is 6.40. The van der Waals surface area contributed by atoms with Crippen LogP contribution in [-0.2, 0) is 0 Å². The van der Waals surface area contributed by atoms with Gasteiger partial charge in [0.1, 0.15) is 0 Å². The molecule has 1 aromatic carbocycles. The fourth-order valence-corrected chi connectivity index (χ4v) is 2.59. The molecule has 3 aromatic rings. The molecule has 0 spiro atoms. The quantitative estimate of drug-likeness (QED) is 0.723. The molecule has 2 aromatic heterocycles. The van der Waals surface area contributed by atoms with E-state index in [-0.39, 0.29) is 18.6 Å². The lowest BCUT2D eigenvalue weighted by molar-refractivity contribution is 0.248. The number of aromatic nitrogens is 4. The van der Waals surface area contributed by atoms with Crippen LogP contribution in [0.3, 0.4) is 0 Å². The molecule has 25 heavy (non-hydrogen) atoms. The maximum absolute atomic E-state index is 9.47. The lowest BCUT2D eigenvalue weighted by Crippen LogP contribution is -2.30. The molecule has 2 heterocycles. The lowest BCUT2D eigenvalue weighted by Gasteiger charge is -2.19. The van der Waals surface area contributed by atoms with Gasteiger partial charge in [0.05, 0.1) is 30.2 Å². The number of aliphatic hydroxyl groups is 1. The standard InChI is InChI=1S/C19H23N5O/c1-13(2)17(12-25)23-19-20-9-8-16(22-19)15-10-21-24(11-15)18-7-5-4-6-14(18)3/h4-11,13,17,25H,12H2,1-3H3,(H,20,22,23)/t17-/m1/s1. The van der Waals surface area contributed by atoms with Gasteiger partial charge in [0.25, 0.3) is 0 Å². The normalized spacial score (nSPS) is 12.4. The van der Waals surface area contributed by atoms with Gasteiger partial charge in [-0.05, 0) is 30.5 Å². The second-order valence-corrected chi connectivity index (χ2v) is 6.40. The van der Waals surface area contributed by atoms with Crippen LogP contribution in [0.25, 0.3) is 16.9 Å². The number of aryl methyl sites for hydroxylation is 1. The van der Waals surface area contributed by atoms with Crippen molar-refractivity contribution in [2.75, 3.05) is 11.9 Å². The summed E-state index contributed by atoms with van der Waals surface area (Å²) in [6, 6.07) is 9.88. The summed E-state index contributed by atoms with van der Waals surface area (Å²) >= 11 is 0. The Bertz CT molecular complexity index is 843. The van der Waals surface area contributed by atoms with E-state index in [9.17, 15) is 5.11 Å². The molecule has 0 bridgehead atoms. The Labute approximate surface area is 147 Å². The van der Waals surface area contributed by atoms with Crippen LogP contribution in [0.5, 0.6) is 0 Å². The summed E-state index contributed by atoms with van der Waals surface area (Å²) in [4.78, 5) is 8.81. The summed E-state index contributed by atoms with van der Waals surface area (Å²) in [7, 11) is 0. The van der Waals surface area contributed by atoms with Crippen molar-refractivity contribution in [1.29, 1.82) is 0 Å². The van der Waals surface area contributed by atoms with Crippen LogP contribution in [0.2, 0.25) is 0 Å². The molecule has 0 aliphatic heterocycles. The second kappa shape index (κ2) is 7.44. The Morgan fingerprint density at radius 1 is 1.20 bits per heavy atom. The summed E-state index contributed by atoms with van der Waals surface area (Å²) in [5.41, 5.74) is 3.91.